The number of carbonyl (C=O) groups excluding carboxylic acids is 1. The van der Waals surface area contributed by atoms with Gasteiger partial charge in [-0.3, -0.25) is 9.69 Å². The number of amides is 1. The number of likely N-dealkylation sites (N-methyl/N-ethyl adjacent to an activating group) is 1. The van der Waals surface area contributed by atoms with Crippen LogP contribution in [0.15, 0.2) is 52.3 Å². The average Bonchev–Trinajstić information content (AvgIpc) is 3.15. The molecule has 0 fully saturated rings. The molecule has 3 rings (SSSR count). The van der Waals surface area contributed by atoms with E-state index in [0.717, 1.165) is 15.3 Å². The number of aromatic nitrogens is 1. The minimum absolute atomic E-state index is 0. The van der Waals surface area contributed by atoms with Crippen molar-refractivity contribution in [3.63, 3.8) is 0 Å². The van der Waals surface area contributed by atoms with E-state index in [-0.39, 0.29) is 29.0 Å². The summed E-state index contributed by atoms with van der Waals surface area (Å²) in [7, 11) is 2.07. The fraction of sp³-hybridized carbons (Fsp3) is 0.333. The number of anilines is 1. The summed E-state index contributed by atoms with van der Waals surface area (Å²) in [5.41, 5.74) is 0.412. The van der Waals surface area contributed by atoms with Crippen LogP contribution in [0.1, 0.15) is 0 Å². The van der Waals surface area contributed by atoms with Gasteiger partial charge in [0, 0.05) is 24.2 Å². The van der Waals surface area contributed by atoms with Crippen molar-refractivity contribution in [2.24, 2.45) is 0 Å². The molecular weight excluding hydrogens is 490 g/mol. The molecule has 11 heteroatoms. The molecule has 0 atom stereocenters. The first kappa shape index (κ1) is 26.4. The fourth-order valence-electron chi connectivity index (χ4n) is 2.85. The van der Waals surface area contributed by atoms with Crippen molar-refractivity contribution in [1.82, 2.24) is 9.88 Å². The Labute approximate surface area is 203 Å². The molecule has 1 amide bonds. The second-order valence-corrected chi connectivity index (χ2v) is 11.2. The number of fused-ring (bicyclic) bond motifs is 1. The van der Waals surface area contributed by atoms with Gasteiger partial charge in [0.1, 0.15) is 11.3 Å². The zero-order chi connectivity index (χ0) is 22.6. The molecule has 1 heterocycles. The lowest BCUT2D eigenvalue weighted by atomic mass is 10.3. The van der Waals surface area contributed by atoms with Gasteiger partial charge in [-0.15, -0.1) is 24.2 Å². The van der Waals surface area contributed by atoms with Crippen LogP contribution in [-0.4, -0.2) is 70.5 Å². The fourth-order valence-corrected chi connectivity index (χ4v) is 5.56. The number of benzene rings is 2. The van der Waals surface area contributed by atoms with Crippen molar-refractivity contribution in [3.05, 3.63) is 42.5 Å². The van der Waals surface area contributed by atoms with Crippen LogP contribution in [0.25, 0.3) is 10.2 Å². The van der Waals surface area contributed by atoms with Gasteiger partial charge in [0.05, 0.1) is 22.5 Å². The van der Waals surface area contributed by atoms with Crippen LogP contribution in [0.5, 0.6) is 5.75 Å². The Morgan fingerprint density at radius 1 is 1.12 bits per heavy atom. The maximum absolute atomic E-state index is 13.1. The summed E-state index contributed by atoms with van der Waals surface area (Å²) in [6.45, 7) is 1.12. The molecule has 0 aliphatic carbocycles. The zero-order valence-electron chi connectivity index (χ0n) is 18.3. The summed E-state index contributed by atoms with van der Waals surface area (Å²) in [6, 6.07) is 12.6. The number of ether oxygens (including phenoxy) is 1. The number of sulfone groups is 1. The van der Waals surface area contributed by atoms with Gasteiger partial charge in [-0.1, -0.05) is 17.4 Å². The molecule has 32 heavy (non-hydrogen) atoms. The molecule has 0 saturated heterocycles. The third kappa shape index (κ3) is 6.58. The highest BCUT2D eigenvalue weighted by atomic mass is 35.5. The first-order chi connectivity index (χ1) is 14.7. The number of carbonyl (C=O) groups is 1. The lowest BCUT2D eigenvalue weighted by Crippen LogP contribution is -2.37. The van der Waals surface area contributed by atoms with E-state index in [4.69, 9.17) is 4.74 Å². The van der Waals surface area contributed by atoms with Crippen molar-refractivity contribution < 1.29 is 17.9 Å². The Balaban J connectivity index is 0.00000363. The van der Waals surface area contributed by atoms with Crippen LogP contribution in [0, 0.1) is 0 Å². The van der Waals surface area contributed by atoms with E-state index in [1.807, 2.05) is 49.3 Å². The van der Waals surface area contributed by atoms with Crippen molar-refractivity contribution in [2.75, 3.05) is 51.2 Å². The molecule has 0 aliphatic heterocycles. The van der Waals surface area contributed by atoms with Gasteiger partial charge in [0.25, 0.3) is 0 Å². The molecule has 0 spiro atoms. The second-order valence-electron chi connectivity index (χ2n) is 7.18. The summed E-state index contributed by atoms with van der Waals surface area (Å²) in [6.07, 6.45) is 1.17. The van der Waals surface area contributed by atoms with Gasteiger partial charge in [0.2, 0.25) is 5.91 Å². The summed E-state index contributed by atoms with van der Waals surface area (Å²) in [4.78, 5) is 22.5. The van der Waals surface area contributed by atoms with E-state index in [1.54, 1.807) is 24.1 Å². The third-order valence-corrected chi connectivity index (χ3v) is 7.66. The van der Waals surface area contributed by atoms with Gasteiger partial charge in [0.15, 0.2) is 15.0 Å². The average molecular weight is 516 g/mol. The van der Waals surface area contributed by atoms with Crippen LogP contribution in [0.4, 0.5) is 5.13 Å². The summed E-state index contributed by atoms with van der Waals surface area (Å²) in [5, 5.41) is 0.508. The predicted octanol–water partition coefficient (Wildman–Crippen LogP) is 3.82. The quantitative estimate of drug-likeness (QED) is 0.401. The van der Waals surface area contributed by atoms with Crippen molar-refractivity contribution >= 4 is 66.6 Å². The lowest BCUT2D eigenvalue weighted by molar-refractivity contribution is -0.116. The van der Waals surface area contributed by atoms with Crippen LogP contribution in [0.2, 0.25) is 0 Å². The van der Waals surface area contributed by atoms with E-state index in [1.165, 1.54) is 29.4 Å². The third-order valence-electron chi connectivity index (χ3n) is 4.49. The minimum atomic E-state index is -3.42. The number of halogens is 1. The number of hydrogen-bond donors (Lipinski definition) is 0. The Kier molecular flexibility index (Phi) is 9.35. The Hall–Kier alpha value is -1.85. The molecule has 3 aromatic rings. The number of nitrogens with zero attached hydrogens (tertiary/aromatic N) is 3. The van der Waals surface area contributed by atoms with Gasteiger partial charge < -0.3 is 9.64 Å². The summed E-state index contributed by atoms with van der Waals surface area (Å²) >= 11 is 2.77. The lowest BCUT2D eigenvalue weighted by Gasteiger charge is -2.21. The van der Waals surface area contributed by atoms with E-state index in [0.29, 0.717) is 23.7 Å². The van der Waals surface area contributed by atoms with E-state index >= 15 is 0 Å². The maximum Gasteiger partial charge on any atom is 0.239 e. The molecule has 7 nitrogen and oxygen atoms in total. The number of thiazole rings is 1. The highest BCUT2D eigenvalue weighted by Crippen LogP contribution is 2.33. The number of para-hydroxylation sites is 1. The molecule has 2 aromatic carbocycles. The van der Waals surface area contributed by atoms with E-state index in [2.05, 4.69) is 4.98 Å². The molecule has 174 valence electrons. The van der Waals surface area contributed by atoms with Gasteiger partial charge in [-0.25, -0.2) is 13.4 Å². The maximum atomic E-state index is 13.1. The SMILES string of the molecule is COc1ccc(SCC(=O)N(CCN(C)C)c2nc3c(S(C)(=O)=O)cccc3s2)cc1.Cl. The van der Waals surface area contributed by atoms with Crippen molar-refractivity contribution in [1.29, 1.82) is 0 Å². The van der Waals surface area contributed by atoms with Crippen molar-refractivity contribution in [2.45, 2.75) is 9.79 Å². The number of rotatable bonds is 9. The normalized spacial score (nSPS) is 11.4. The largest absolute Gasteiger partial charge is 0.497 e. The summed E-state index contributed by atoms with van der Waals surface area (Å²) in [5.74, 6) is 0.927. The van der Waals surface area contributed by atoms with Crippen LogP contribution in [0.3, 0.4) is 0 Å². The molecule has 0 unspecified atom stereocenters. The molecular formula is C21H26ClN3O4S3. The second kappa shape index (κ2) is 11.3. The molecule has 0 bridgehead atoms. The van der Waals surface area contributed by atoms with Crippen LogP contribution >= 0.6 is 35.5 Å². The Morgan fingerprint density at radius 3 is 2.41 bits per heavy atom. The van der Waals surface area contributed by atoms with Crippen LogP contribution < -0.4 is 9.64 Å². The molecule has 0 N–H and O–H groups in total. The van der Waals surface area contributed by atoms with Gasteiger partial charge >= 0.3 is 0 Å². The van der Waals surface area contributed by atoms with Gasteiger partial charge in [-0.05, 0) is 50.5 Å². The number of methoxy groups -OCH3 is 1. The highest BCUT2D eigenvalue weighted by molar-refractivity contribution is 8.00. The van der Waals surface area contributed by atoms with Gasteiger partial charge in [-0.2, -0.15) is 0 Å². The minimum Gasteiger partial charge on any atom is -0.497 e. The number of thioether (sulfide) groups is 1. The van der Waals surface area contributed by atoms with Crippen molar-refractivity contribution in [3.8, 4) is 5.75 Å². The highest BCUT2D eigenvalue weighted by Gasteiger charge is 2.22. The van der Waals surface area contributed by atoms with Crippen LogP contribution in [-0.2, 0) is 14.6 Å². The zero-order valence-corrected chi connectivity index (χ0v) is 21.5. The standard InChI is InChI=1S/C21H25N3O4S3.ClH/c1-23(2)12-13-24(19(25)14-29-16-10-8-15(28-3)9-11-16)21-22-20-17(30-21)6-5-7-18(20)31(4,26)27;/h5-11H,12-14H2,1-4H3;1H. The van der Waals surface area contributed by atoms with E-state index in [9.17, 15) is 13.2 Å². The van der Waals surface area contributed by atoms with E-state index < -0.39 is 9.84 Å². The molecule has 0 saturated carbocycles. The molecule has 0 radical (unpaired) electrons. The first-order valence-electron chi connectivity index (χ1n) is 9.50. The summed E-state index contributed by atoms with van der Waals surface area (Å²) < 4.78 is 30.2. The first-order valence-corrected chi connectivity index (χ1v) is 13.2. The Morgan fingerprint density at radius 2 is 1.81 bits per heavy atom. The smallest absolute Gasteiger partial charge is 0.239 e. The predicted molar refractivity (Wildman–Crippen MR) is 135 cm³/mol. The Bertz CT molecular complexity index is 1160. The number of hydrogen-bond acceptors (Lipinski definition) is 8. The monoisotopic (exact) mass is 515 g/mol. The molecule has 0 aliphatic rings. The molecule has 1 aromatic heterocycles. The topological polar surface area (TPSA) is 79.8 Å².